The molecule has 0 saturated heterocycles. The quantitative estimate of drug-likeness (QED) is 0.626. The van der Waals surface area contributed by atoms with E-state index in [9.17, 15) is 0 Å². The van der Waals surface area contributed by atoms with E-state index in [0.717, 1.165) is 24.1 Å². The van der Waals surface area contributed by atoms with Crippen molar-refractivity contribution >= 4 is 15.9 Å². The molecule has 0 saturated carbocycles. The number of hydrogen-bond donors (Lipinski definition) is 1. The monoisotopic (exact) mass is 256 g/mol. The molecule has 2 nitrogen and oxygen atoms in total. The van der Waals surface area contributed by atoms with E-state index in [1.165, 1.54) is 18.4 Å². The lowest BCUT2D eigenvalue weighted by molar-refractivity contribution is 0.634. The van der Waals surface area contributed by atoms with Gasteiger partial charge in [-0.15, -0.1) is 0 Å². The number of unbranched alkanes of at least 4 members (excludes halogenated alkanes) is 1. The first kappa shape index (κ1) is 11.7. The van der Waals surface area contributed by atoms with Gasteiger partial charge in [0.1, 0.15) is 0 Å². The van der Waals surface area contributed by atoms with Crippen LogP contribution in [0.15, 0.2) is 18.3 Å². The van der Waals surface area contributed by atoms with Crippen LogP contribution in [0.25, 0.3) is 0 Å². The van der Waals surface area contributed by atoms with E-state index in [-0.39, 0.29) is 0 Å². The third-order valence-corrected chi connectivity index (χ3v) is 2.71. The first-order valence-electron chi connectivity index (χ1n) is 5.02. The summed E-state index contributed by atoms with van der Waals surface area (Å²) < 4.78 is 0. The summed E-state index contributed by atoms with van der Waals surface area (Å²) in [5.74, 6) is 0. The van der Waals surface area contributed by atoms with E-state index in [4.69, 9.17) is 0 Å². The Balaban J connectivity index is 2.21. The van der Waals surface area contributed by atoms with Crippen LogP contribution in [0.2, 0.25) is 0 Å². The summed E-state index contributed by atoms with van der Waals surface area (Å²) in [6.45, 7) is 4.05. The number of aryl methyl sites for hydroxylation is 1. The standard InChI is InChI=1S/C11H17BrN2/c1-10-5-4-8-14-11(10)9-13-7-3-2-6-12/h4-5,8,13H,2-3,6-7,9H2,1H3. The Labute approximate surface area is 94.3 Å². The number of rotatable bonds is 6. The van der Waals surface area contributed by atoms with E-state index in [0.29, 0.717) is 0 Å². The summed E-state index contributed by atoms with van der Waals surface area (Å²) in [6, 6.07) is 4.08. The van der Waals surface area contributed by atoms with Gasteiger partial charge in [0.15, 0.2) is 0 Å². The van der Waals surface area contributed by atoms with Gasteiger partial charge in [-0.2, -0.15) is 0 Å². The molecule has 0 aliphatic rings. The molecule has 1 heterocycles. The Morgan fingerprint density at radius 1 is 1.43 bits per heavy atom. The first-order valence-corrected chi connectivity index (χ1v) is 6.14. The highest BCUT2D eigenvalue weighted by Gasteiger charge is 1.96. The highest BCUT2D eigenvalue weighted by atomic mass is 79.9. The third-order valence-electron chi connectivity index (χ3n) is 2.15. The fourth-order valence-electron chi connectivity index (χ4n) is 1.25. The lowest BCUT2D eigenvalue weighted by atomic mass is 10.2. The molecular formula is C11H17BrN2. The molecule has 0 amide bonds. The van der Waals surface area contributed by atoms with E-state index >= 15 is 0 Å². The minimum absolute atomic E-state index is 0.884. The van der Waals surface area contributed by atoms with E-state index in [2.05, 4.69) is 39.2 Å². The second-order valence-electron chi connectivity index (χ2n) is 3.34. The van der Waals surface area contributed by atoms with Crippen molar-refractivity contribution in [2.45, 2.75) is 26.3 Å². The van der Waals surface area contributed by atoms with Gasteiger partial charge in [-0.25, -0.2) is 0 Å². The van der Waals surface area contributed by atoms with Gasteiger partial charge in [-0.05, 0) is 37.9 Å². The summed E-state index contributed by atoms with van der Waals surface area (Å²) >= 11 is 3.42. The molecule has 1 aromatic heterocycles. The second-order valence-corrected chi connectivity index (χ2v) is 4.13. The first-order chi connectivity index (χ1) is 6.84. The van der Waals surface area contributed by atoms with Gasteiger partial charge in [-0.3, -0.25) is 4.98 Å². The number of nitrogens with zero attached hydrogens (tertiary/aromatic N) is 1. The maximum Gasteiger partial charge on any atom is 0.0570 e. The largest absolute Gasteiger partial charge is 0.311 e. The van der Waals surface area contributed by atoms with Gasteiger partial charge in [0.05, 0.1) is 5.69 Å². The smallest absolute Gasteiger partial charge is 0.0570 e. The van der Waals surface area contributed by atoms with Crippen LogP contribution >= 0.6 is 15.9 Å². The Bertz CT molecular complexity index is 263. The molecule has 1 N–H and O–H groups in total. The molecule has 14 heavy (non-hydrogen) atoms. The predicted octanol–water partition coefficient (Wildman–Crippen LogP) is 2.65. The van der Waals surface area contributed by atoms with Crippen LogP contribution in [0, 0.1) is 6.92 Å². The Hall–Kier alpha value is -0.410. The van der Waals surface area contributed by atoms with Crippen molar-refractivity contribution in [1.29, 1.82) is 0 Å². The molecule has 0 atom stereocenters. The van der Waals surface area contributed by atoms with Crippen LogP contribution < -0.4 is 5.32 Å². The number of hydrogen-bond acceptors (Lipinski definition) is 2. The van der Waals surface area contributed by atoms with Crippen LogP contribution in [0.4, 0.5) is 0 Å². The zero-order valence-corrected chi connectivity index (χ0v) is 10.2. The summed E-state index contributed by atoms with van der Waals surface area (Å²) in [6.07, 6.45) is 4.30. The number of aromatic nitrogens is 1. The molecule has 0 unspecified atom stereocenters. The van der Waals surface area contributed by atoms with E-state index in [1.807, 2.05) is 12.3 Å². The Kier molecular flexibility index (Phi) is 5.80. The average Bonchev–Trinajstić information content (AvgIpc) is 2.20. The molecule has 0 radical (unpaired) electrons. The van der Waals surface area contributed by atoms with Gasteiger partial charge >= 0.3 is 0 Å². The fraction of sp³-hybridized carbons (Fsp3) is 0.545. The highest BCUT2D eigenvalue weighted by Crippen LogP contribution is 2.02. The third kappa shape index (κ3) is 4.20. The number of nitrogens with one attached hydrogen (secondary N) is 1. The fourth-order valence-corrected chi connectivity index (χ4v) is 1.65. The van der Waals surface area contributed by atoms with Crippen molar-refractivity contribution in [2.75, 3.05) is 11.9 Å². The maximum absolute atomic E-state index is 4.32. The van der Waals surface area contributed by atoms with Crippen LogP contribution in [-0.4, -0.2) is 16.9 Å². The average molecular weight is 257 g/mol. The van der Waals surface area contributed by atoms with Gasteiger partial charge in [-0.1, -0.05) is 22.0 Å². The van der Waals surface area contributed by atoms with Crippen LogP contribution in [0.3, 0.4) is 0 Å². The van der Waals surface area contributed by atoms with Crippen molar-refractivity contribution in [1.82, 2.24) is 10.3 Å². The SMILES string of the molecule is Cc1cccnc1CNCCCCBr. The number of pyridine rings is 1. The molecule has 3 heteroatoms. The molecule has 0 aromatic carbocycles. The summed E-state index contributed by atoms with van der Waals surface area (Å²) in [4.78, 5) is 4.32. The molecule has 78 valence electrons. The number of alkyl halides is 1. The normalized spacial score (nSPS) is 10.4. The molecule has 1 aromatic rings. The van der Waals surface area contributed by atoms with Crippen LogP contribution in [-0.2, 0) is 6.54 Å². The molecular weight excluding hydrogens is 240 g/mol. The van der Waals surface area contributed by atoms with Crippen molar-refractivity contribution in [3.05, 3.63) is 29.6 Å². The van der Waals surface area contributed by atoms with Gasteiger partial charge in [0.2, 0.25) is 0 Å². The summed E-state index contributed by atoms with van der Waals surface area (Å²) in [5, 5.41) is 4.49. The van der Waals surface area contributed by atoms with Crippen molar-refractivity contribution in [3.63, 3.8) is 0 Å². The van der Waals surface area contributed by atoms with Crippen molar-refractivity contribution < 1.29 is 0 Å². The zero-order valence-electron chi connectivity index (χ0n) is 8.59. The molecule has 1 rings (SSSR count). The second kappa shape index (κ2) is 6.96. The summed E-state index contributed by atoms with van der Waals surface area (Å²) in [7, 11) is 0. The topological polar surface area (TPSA) is 24.9 Å². The Morgan fingerprint density at radius 2 is 2.29 bits per heavy atom. The highest BCUT2D eigenvalue weighted by molar-refractivity contribution is 9.09. The van der Waals surface area contributed by atoms with Gasteiger partial charge < -0.3 is 5.32 Å². The van der Waals surface area contributed by atoms with Crippen molar-refractivity contribution in [2.24, 2.45) is 0 Å². The molecule has 0 aliphatic heterocycles. The summed E-state index contributed by atoms with van der Waals surface area (Å²) in [5.41, 5.74) is 2.42. The Morgan fingerprint density at radius 3 is 3.00 bits per heavy atom. The minimum Gasteiger partial charge on any atom is -0.311 e. The molecule has 0 fully saturated rings. The maximum atomic E-state index is 4.32. The van der Waals surface area contributed by atoms with Crippen LogP contribution in [0.1, 0.15) is 24.1 Å². The predicted molar refractivity (Wildman–Crippen MR) is 63.7 cm³/mol. The lowest BCUT2D eigenvalue weighted by Gasteiger charge is -2.05. The van der Waals surface area contributed by atoms with E-state index < -0.39 is 0 Å². The minimum atomic E-state index is 0.884. The van der Waals surface area contributed by atoms with Crippen LogP contribution in [0.5, 0.6) is 0 Å². The zero-order chi connectivity index (χ0) is 10.2. The molecule has 0 bridgehead atoms. The number of halogens is 1. The lowest BCUT2D eigenvalue weighted by Crippen LogP contribution is -2.16. The van der Waals surface area contributed by atoms with Gasteiger partial charge in [0, 0.05) is 18.1 Å². The van der Waals surface area contributed by atoms with Crippen molar-refractivity contribution in [3.8, 4) is 0 Å². The molecule has 0 spiro atoms. The van der Waals surface area contributed by atoms with E-state index in [1.54, 1.807) is 0 Å². The molecule has 0 aliphatic carbocycles. The van der Waals surface area contributed by atoms with Gasteiger partial charge in [0.25, 0.3) is 0 Å².